The fourth-order valence-electron chi connectivity index (χ4n) is 2.22. The largest absolute Gasteiger partial charge is 0.481 e. The topological polar surface area (TPSA) is 113 Å². The lowest BCUT2D eigenvalue weighted by Crippen LogP contribution is -2.13. The molecule has 3 N–H and O–H groups in total. The molecule has 1 aliphatic carbocycles. The van der Waals surface area contributed by atoms with Crippen LogP contribution in [0.2, 0.25) is 0 Å². The van der Waals surface area contributed by atoms with E-state index in [1.54, 1.807) is 0 Å². The van der Waals surface area contributed by atoms with Gasteiger partial charge in [0.25, 0.3) is 0 Å². The molecule has 0 saturated heterocycles. The first-order valence-electron chi connectivity index (χ1n) is 6.57. The van der Waals surface area contributed by atoms with Gasteiger partial charge in [-0.25, -0.2) is 9.13 Å². The Labute approximate surface area is 113 Å². The Hall–Kier alpha value is 0.260. The van der Waals surface area contributed by atoms with Crippen molar-refractivity contribution >= 4 is 15.6 Å². The molecule has 1 aliphatic rings. The standard InChI is InChI=1S/C10H22O7P2/c11-18(12,13)17-19(14,15)16-10-8-6-4-2-1-3-5-7-9-10/h10H,1-9H2,(H,14,15)(H2,11,12,13). The van der Waals surface area contributed by atoms with Crippen molar-refractivity contribution in [2.24, 2.45) is 0 Å². The summed E-state index contributed by atoms with van der Waals surface area (Å²) in [7, 11) is -9.73. The summed E-state index contributed by atoms with van der Waals surface area (Å²) in [6.07, 6.45) is 8.05. The van der Waals surface area contributed by atoms with Gasteiger partial charge in [-0.1, -0.05) is 44.9 Å². The summed E-state index contributed by atoms with van der Waals surface area (Å²) in [4.78, 5) is 26.4. The van der Waals surface area contributed by atoms with Crippen molar-refractivity contribution in [3.63, 3.8) is 0 Å². The van der Waals surface area contributed by atoms with Gasteiger partial charge < -0.3 is 14.7 Å². The normalized spacial score (nSPS) is 23.7. The monoisotopic (exact) mass is 316 g/mol. The van der Waals surface area contributed by atoms with Crippen molar-refractivity contribution in [3.8, 4) is 0 Å². The lowest BCUT2D eigenvalue weighted by molar-refractivity contribution is 0.110. The van der Waals surface area contributed by atoms with Gasteiger partial charge in [0, 0.05) is 0 Å². The zero-order chi connectivity index (χ0) is 14.4. The van der Waals surface area contributed by atoms with Crippen LogP contribution in [0, 0.1) is 0 Å². The smallest absolute Gasteiger partial charge is 0.302 e. The molecular formula is C10H22O7P2. The van der Waals surface area contributed by atoms with Gasteiger partial charge in [0.1, 0.15) is 0 Å². The molecule has 0 aromatic heterocycles. The second-order valence-electron chi connectivity index (χ2n) is 4.82. The van der Waals surface area contributed by atoms with Crippen molar-refractivity contribution in [2.45, 2.75) is 63.9 Å². The van der Waals surface area contributed by atoms with Gasteiger partial charge in [0.2, 0.25) is 0 Å². The minimum absolute atomic E-state index is 0.486. The predicted octanol–water partition coefficient (Wildman–Crippen LogP) is 3.11. The molecule has 1 unspecified atom stereocenters. The minimum atomic E-state index is -5.03. The number of phosphoric ester groups is 1. The molecule has 0 bridgehead atoms. The molecule has 9 heteroatoms. The van der Waals surface area contributed by atoms with E-state index in [0.29, 0.717) is 12.8 Å². The Morgan fingerprint density at radius 2 is 1.21 bits per heavy atom. The van der Waals surface area contributed by atoms with Gasteiger partial charge in [-0.15, -0.1) is 0 Å². The fourth-order valence-corrected chi connectivity index (χ4v) is 4.04. The predicted molar refractivity (Wildman–Crippen MR) is 69.4 cm³/mol. The van der Waals surface area contributed by atoms with Crippen molar-refractivity contribution < 1.29 is 32.6 Å². The van der Waals surface area contributed by atoms with Crippen LogP contribution in [0.3, 0.4) is 0 Å². The summed E-state index contributed by atoms with van der Waals surface area (Å²) in [5.74, 6) is 0. The fraction of sp³-hybridized carbons (Fsp3) is 1.00. The van der Waals surface area contributed by atoms with E-state index in [2.05, 4.69) is 4.31 Å². The molecule has 0 heterocycles. The van der Waals surface area contributed by atoms with E-state index in [1.165, 1.54) is 6.42 Å². The summed E-state index contributed by atoms with van der Waals surface area (Å²) >= 11 is 0. The first-order valence-corrected chi connectivity index (χ1v) is 9.59. The molecule has 1 rings (SSSR count). The Balaban J connectivity index is 2.50. The molecule has 1 fully saturated rings. The zero-order valence-electron chi connectivity index (χ0n) is 10.8. The molecule has 1 atom stereocenters. The van der Waals surface area contributed by atoms with E-state index >= 15 is 0 Å². The Morgan fingerprint density at radius 3 is 1.63 bits per heavy atom. The highest BCUT2D eigenvalue weighted by atomic mass is 31.3. The third-order valence-electron chi connectivity index (χ3n) is 3.04. The van der Waals surface area contributed by atoms with Crippen LogP contribution in [0.4, 0.5) is 0 Å². The van der Waals surface area contributed by atoms with E-state index in [1.807, 2.05) is 0 Å². The molecule has 0 aliphatic heterocycles. The highest BCUT2D eigenvalue weighted by Gasteiger charge is 2.34. The molecule has 1 saturated carbocycles. The van der Waals surface area contributed by atoms with E-state index in [-0.39, 0.29) is 0 Å². The van der Waals surface area contributed by atoms with E-state index in [4.69, 9.17) is 14.3 Å². The van der Waals surface area contributed by atoms with Gasteiger partial charge in [0.15, 0.2) is 0 Å². The van der Waals surface area contributed by atoms with Gasteiger partial charge in [-0.3, -0.25) is 4.52 Å². The highest BCUT2D eigenvalue weighted by molar-refractivity contribution is 7.60. The molecule has 0 aromatic carbocycles. The maximum atomic E-state index is 11.5. The summed E-state index contributed by atoms with van der Waals surface area (Å²) in [6.45, 7) is 0. The van der Waals surface area contributed by atoms with Crippen molar-refractivity contribution in [3.05, 3.63) is 0 Å². The maximum Gasteiger partial charge on any atom is 0.481 e. The molecule has 0 aromatic rings. The van der Waals surface area contributed by atoms with Crippen LogP contribution >= 0.6 is 15.6 Å². The van der Waals surface area contributed by atoms with E-state index in [0.717, 1.165) is 38.5 Å². The van der Waals surface area contributed by atoms with E-state index in [9.17, 15) is 14.0 Å². The first-order chi connectivity index (χ1) is 8.79. The Bertz CT molecular complexity index is 344. The Kier molecular flexibility index (Phi) is 7.19. The average Bonchev–Trinajstić information content (AvgIpc) is 2.23. The zero-order valence-corrected chi connectivity index (χ0v) is 12.6. The maximum absolute atomic E-state index is 11.5. The van der Waals surface area contributed by atoms with Gasteiger partial charge in [0.05, 0.1) is 6.10 Å². The molecule has 19 heavy (non-hydrogen) atoms. The van der Waals surface area contributed by atoms with Crippen LogP contribution in [0.25, 0.3) is 0 Å². The first kappa shape index (κ1) is 17.3. The van der Waals surface area contributed by atoms with Crippen molar-refractivity contribution in [1.82, 2.24) is 0 Å². The molecular weight excluding hydrogens is 294 g/mol. The number of rotatable bonds is 4. The third-order valence-corrected chi connectivity index (χ3v) is 5.28. The molecule has 114 valence electrons. The molecule has 7 nitrogen and oxygen atoms in total. The van der Waals surface area contributed by atoms with Crippen LogP contribution in [-0.4, -0.2) is 20.8 Å². The van der Waals surface area contributed by atoms with Gasteiger partial charge >= 0.3 is 15.6 Å². The van der Waals surface area contributed by atoms with E-state index < -0.39 is 21.7 Å². The Morgan fingerprint density at radius 1 is 0.789 bits per heavy atom. The second-order valence-corrected chi connectivity index (χ2v) is 7.60. The molecule has 0 spiro atoms. The van der Waals surface area contributed by atoms with Gasteiger partial charge in [-0.2, -0.15) is 4.31 Å². The summed E-state index contributed by atoms with van der Waals surface area (Å²) in [5, 5.41) is 0. The number of hydrogen-bond acceptors (Lipinski definition) is 4. The highest BCUT2D eigenvalue weighted by Crippen LogP contribution is 2.58. The van der Waals surface area contributed by atoms with Crippen LogP contribution < -0.4 is 0 Å². The summed E-state index contributed by atoms with van der Waals surface area (Å²) in [5.41, 5.74) is 0. The minimum Gasteiger partial charge on any atom is -0.302 e. The molecule has 0 amide bonds. The molecule has 0 radical (unpaired) electrons. The van der Waals surface area contributed by atoms with Crippen molar-refractivity contribution in [2.75, 3.05) is 0 Å². The van der Waals surface area contributed by atoms with Gasteiger partial charge in [-0.05, 0) is 12.8 Å². The number of phosphoric acid groups is 2. The second kappa shape index (κ2) is 7.89. The lowest BCUT2D eigenvalue weighted by Gasteiger charge is -2.21. The van der Waals surface area contributed by atoms with Crippen LogP contribution in [-0.2, 0) is 18.0 Å². The number of hydrogen-bond donors (Lipinski definition) is 3. The van der Waals surface area contributed by atoms with Crippen LogP contribution in [0.1, 0.15) is 57.8 Å². The lowest BCUT2D eigenvalue weighted by atomic mass is 9.99. The SMILES string of the molecule is O=P(O)(O)OP(=O)(O)OC1CCCCCCCCC1. The van der Waals surface area contributed by atoms with Crippen molar-refractivity contribution in [1.29, 1.82) is 0 Å². The summed E-state index contributed by atoms with van der Waals surface area (Å²) < 4.78 is 30.7. The third kappa shape index (κ3) is 8.92. The summed E-state index contributed by atoms with van der Waals surface area (Å²) in [6, 6.07) is 0. The quantitative estimate of drug-likeness (QED) is 0.683. The van der Waals surface area contributed by atoms with Crippen LogP contribution in [0.15, 0.2) is 0 Å². The van der Waals surface area contributed by atoms with Crippen LogP contribution in [0.5, 0.6) is 0 Å². The average molecular weight is 316 g/mol.